The third-order valence-corrected chi connectivity index (χ3v) is 4.35. The number of likely N-dealkylation sites (tertiary alicyclic amines) is 1. The van der Waals surface area contributed by atoms with Crippen LogP contribution < -0.4 is 0 Å². The minimum atomic E-state index is 0.149. The van der Waals surface area contributed by atoms with Crippen molar-refractivity contribution in [2.45, 2.75) is 39.5 Å². The van der Waals surface area contributed by atoms with Crippen LogP contribution in [0.1, 0.15) is 47.9 Å². The van der Waals surface area contributed by atoms with Crippen LogP contribution in [0.3, 0.4) is 0 Å². The van der Waals surface area contributed by atoms with E-state index in [2.05, 4.69) is 12.0 Å². The van der Waals surface area contributed by atoms with Gasteiger partial charge in [-0.05, 0) is 44.7 Å². The van der Waals surface area contributed by atoms with E-state index < -0.39 is 0 Å². The summed E-state index contributed by atoms with van der Waals surface area (Å²) in [4.78, 5) is 14.9. The molecule has 1 saturated heterocycles. The van der Waals surface area contributed by atoms with Crippen LogP contribution >= 0.6 is 0 Å². The maximum absolute atomic E-state index is 12.9. The van der Waals surface area contributed by atoms with Gasteiger partial charge in [0.2, 0.25) is 0 Å². The lowest BCUT2D eigenvalue weighted by Gasteiger charge is -2.27. The number of piperidine rings is 1. The summed E-state index contributed by atoms with van der Waals surface area (Å²) >= 11 is 0. The molecular formula is C18H23N3O. The summed E-state index contributed by atoms with van der Waals surface area (Å²) in [5, 5.41) is 4.64. The Balaban J connectivity index is 2.01. The SMILES string of the molecule is CCc1c(C(=O)N2CCCCC2)c(C)nn1-c1ccccc1. The van der Waals surface area contributed by atoms with E-state index in [9.17, 15) is 4.79 Å². The van der Waals surface area contributed by atoms with E-state index >= 15 is 0 Å². The standard InChI is InChI=1S/C18H23N3O/c1-3-16-17(18(22)20-12-8-5-9-13-20)14(2)19-21(16)15-10-6-4-7-11-15/h4,6-7,10-11H,3,5,8-9,12-13H2,1-2H3. The Morgan fingerprint density at radius 1 is 1.14 bits per heavy atom. The third-order valence-electron chi connectivity index (χ3n) is 4.35. The lowest BCUT2D eigenvalue weighted by atomic mass is 10.1. The molecule has 4 nitrogen and oxygen atoms in total. The average Bonchev–Trinajstić information content (AvgIpc) is 2.92. The van der Waals surface area contributed by atoms with Gasteiger partial charge in [-0.15, -0.1) is 0 Å². The predicted octanol–water partition coefficient (Wildman–Crippen LogP) is 3.37. The summed E-state index contributed by atoms with van der Waals surface area (Å²) in [5.74, 6) is 0.149. The van der Waals surface area contributed by atoms with Gasteiger partial charge in [0, 0.05) is 13.1 Å². The summed E-state index contributed by atoms with van der Waals surface area (Å²) in [6.45, 7) is 5.77. The zero-order chi connectivity index (χ0) is 15.5. The van der Waals surface area contributed by atoms with Crippen LogP contribution in [0.2, 0.25) is 0 Å². The highest BCUT2D eigenvalue weighted by atomic mass is 16.2. The summed E-state index contributed by atoms with van der Waals surface area (Å²) < 4.78 is 1.92. The van der Waals surface area contributed by atoms with Gasteiger partial charge in [-0.2, -0.15) is 5.10 Å². The van der Waals surface area contributed by atoms with Gasteiger partial charge in [0.15, 0.2) is 0 Å². The highest BCUT2D eigenvalue weighted by molar-refractivity contribution is 5.96. The fraction of sp³-hybridized carbons (Fsp3) is 0.444. The van der Waals surface area contributed by atoms with E-state index in [1.807, 2.05) is 46.8 Å². The average molecular weight is 297 g/mol. The van der Waals surface area contributed by atoms with Crippen molar-refractivity contribution in [3.63, 3.8) is 0 Å². The van der Waals surface area contributed by atoms with Crippen molar-refractivity contribution in [2.75, 3.05) is 13.1 Å². The normalized spacial score (nSPS) is 15.1. The number of aromatic nitrogens is 2. The molecule has 1 aromatic carbocycles. The minimum absolute atomic E-state index is 0.149. The molecule has 2 heterocycles. The van der Waals surface area contributed by atoms with Crippen LogP contribution in [0, 0.1) is 6.92 Å². The van der Waals surface area contributed by atoms with Gasteiger partial charge < -0.3 is 4.90 Å². The van der Waals surface area contributed by atoms with Gasteiger partial charge in [-0.25, -0.2) is 4.68 Å². The topological polar surface area (TPSA) is 38.1 Å². The Bertz CT molecular complexity index is 654. The van der Waals surface area contributed by atoms with E-state index in [1.165, 1.54) is 6.42 Å². The largest absolute Gasteiger partial charge is 0.339 e. The number of aryl methyl sites for hydroxylation is 1. The first-order valence-corrected chi connectivity index (χ1v) is 8.15. The molecule has 22 heavy (non-hydrogen) atoms. The Hall–Kier alpha value is -2.10. The molecule has 1 aliphatic rings. The van der Waals surface area contributed by atoms with Gasteiger partial charge in [-0.3, -0.25) is 4.79 Å². The highest BCUT2D eigenvalue weighted by Gasteiger charge is 2.26. The number of para-hydroxylation sites is 1. The van der Waals surface area contributed by atoms with Gasteiger partial charge in [0.1, 0.15) is 0 Å². The van der Waals surface area contributed by atoms with E-state index in [4.69, 9.17) is 0 Å². The molecule has 2 aromatic rings. The number of nitrogens with zero attached hydrogens (tertiary/aromatic N) is 3. The zero-order valence-corrected chi connectivity index (χ0v) is 13.4. The molecule has 4 heteroatoms. The first kappa shape index (κ1) is 14.8. The maximum atomic E-state index is 12.9. The molecule has 0 atom stereocenters. The second-order valence-electron chi connectivity index (χ2n) is 5.86. The molecular weight excluding hydrogens is 274 g/mol. The first-order chi connectivity index (χ1) is 10.7. The van der Waals surface area contributed by atoms with Crippen LogP contribution in [0.4, 0.5) is 0 Å². The maximum Gasteiger partial charge on any atom is 0.257 e. The number of carbonyl (C=O) groups excluding carboxylic acids is 1. The van der Waals surface area contributed by atoms with Crippen LogP contribution in [-0.4, -0.2) is 33.7 Å². The number of carbonyl (C=O) groups is 1. The van der Waals surface area contributed by atoms with E-state index in [-0.39, 0.29) is 5.91 Å². The van der Waals surface area contributed by atoms with Crippen LogP contribution in [0.25, 0.3) is 5.69 Å². The van der Waals surface area contributed by atoms with Crippen molar-refractivity contribution >= 4 is 5.91 Å². The fourth-order valence-corrected chi connectivity index (χ4v) is 3.22. The van der Waals surface area contributed by atoms with Gasteiger partial charge in [-0.1, -0.05) is 25.1 Å². The number of amides is 1. The molecule has 0 spiro atoms. The Morgan fingerprint density at radius 3 is 2.45 bits per heavy atom. The summed E-state index contributed by atoms with van der Waals surface area (Å²) in [7, 11) is 0. The van der Waals surface area contributed by atoms with E-state index in [0.29, 0.717) is 0 Å². The number of hydrogen-bond donors (Lipinski definition) is 0. The van der Waals surface area contributed by atoms with E-state index in [1.54, 1.807) is 0 Å². The van der Waals surface area contributed by atoms with Crippen molar-refractivity contribution in [3.8, 4) is 5.69 Å². The molecule has 0 radical (unpaired) electrons. The second kappa shape index (κ2) is 6.34. The van der Waals surface area contributed by atoms with Crippen molar-refractivity contribution in [1.29, 1.82) is 0 Å². The molecule has 0 aliphatic carbocycles. The molecule has 0 saturated carbocycles. The number of benzene rings is 1. The third kappa shape index (κ3) is 2.65. The summed E-state index contributed by atoms with van der Waals surface area (Å²) in [5.41, 5.74) is 3.66. The smallest absolute Gasteiger partial charge is 0.257 e. The van der Waals surface area contributed by atoms with Crippen LogP contribution in [0.15, 0.2) is 30.3 Å². The summed E-state index contributed by atoms with van der Waals surface area (Å²) in [6.07, 6.45) is 4.25. The minimum Gasteiger partial charge on any atom is -0.339 e. The first-order valence-electron chi connectivity index (χ1n) is 8.15. The number of hydrogen-bond acceptors (Lipinski definition) is 2. The van der Waals surface area contributed by atoms with Crippen molar-refractivity contribution in [1.82, 2.24) is 14.7 Å². The Morgan fingerprint density at radius 2 is 1.82 bits per heavy atom. The van der Waals surface area contributed by atoms with Gasteiger partial charge in [0.25, 0.3) is 5.91 Å². The molecule has 1 aromatic heterocycles. The molecule has 1 amide bonds. The Labute approximate surface area is 131 Å². The molecule has 0 unspecified atom stereocenters. The number of rotatable bonds is 3. The van der Waals surface area contributed by atoms with Crippen molar-refractivity contribution in [3.05, 3.63) is 47.3 Å². The molecule has 116 valence electrons. The van der Waals surface area contributed by atoms with Crippen molar-refractivity contribution < 1.29 is 4.79 Å². The van der Waals surface area contributed by atoms with Gasteiger partial charge >= 0.3 is 0 Å². The summed E-state index contributed by atoms with van der Waals surface area (Å²) in [6, 6.07) is 10.0. The molecule has 1 fully saturated rings. The molecule has 0 N–H and O–H groups in total. The monoisotopic (exact) mass is 297 g/mol. The Kier molecular flexibility index (Phi) is 4.27. The van der Waals surface area contributed by atoms with Crippen LogP contribution in [-0.2, 0) is 6.42 Å². The van der Waals surface area contributed by atoms with Crippen molar-refractivity contribution in [2.24, 2.45) is 0 Å². The lowest BCUT2D eigenvalue weighted by molar-refractivity contribution is 0.0722. The predicted molar refractivity (Wildman–Crippen MR) is 87.4 cm³/mol. The second-order valence-corrected chi connectivity index (χ2v) is 5.86. The quantitative estimate of drug-likeness (QED) is 0.871. The van der Waals surface area contributed by atoms with Crippen LogP contribution in [0.5, 0.6) is 0 Å². The molecule has 3 rings (SSSR count). The van der Waals surface area contributed by atoms with E-state index in [0.717, 1.165) is 55.0 Å². The fourth-order valence-electron chi connectivity index (χ4n) is 3.22. The lowest BCUT2D eigenvalue weighted by Crippen LogP contribution is -2.36. The highest BCUT2D eigenvalue weighted by Crippen LogP contribution is 2.22. The van der Waals surface area contributed by atoms with Gasteiger partial charge in [0.05, 0.1) is 22.6 Å². The zero-order valence-electron chi connectivity index (χ0n) is 13.4. The molecule has 0 bridgehead atoms. The molecule has 1 aliphatic heterocycles.